The Morgan fingerprint density at radius 3 is 2.62 bits per heavy atom. The third-order valence-electron chi connectivity index (χ3n) is 1.43. The number of ether oxygens (including phenoxy) is 1. The molecule has 0 saturated heterocycles. The van der Waals surface area contributed by atoms with Gasteiger partial charge < -0.3 is 10.1 Å². The number of ketones is 1. The van der Waals surface area contributed by atoms with E-state index >= 15 is 0 Å². The molecule has 0 aliphatic heterocycles. The first-order valence-electron chi connectivity index (χ1n) is 4.50. The van der Waals surface area contributed by atoms with Crippen LogP contribution in [0.25, 0.3) is 0 Å². The first-order chi connectivity index (χ1) is 6.16. The van der Waals surface area contributed by atoms with E-state index in [1.807, 2.05) is 6.92 Å². The Morgan fingerprint density at radius 1 is 1.38 bits per heavy atom. The van der Waals surface area contributed by atoms with E-state index in [9.17, 15) is 9.59 Å². The summed E-state index contributed by atoms with van der Waals surface area (Å²) >= 11 is 0. The average molecular weight is 187 g/mol. The Bertz CT molecular complexity index is 168. The first-order valence-corrected chi connectivity index (χ1v) is 4.50. The SMILES string of the molecule is CCOCCCC(=O)NCC(C)=O. The Labute approximate surface area is 78.6 Å². The summed E-state index contributed by atoms with van der Waals surface area (Å²) in [6, 6.07) is 0. The highest BCUT2D eigenvalue weighted by Crippen LogP contribution is 1.89. The fourth-order valence-electron chi connectivity index (χ4n) is 0.791. The van der Waals surface area contributed by atoms with Crippen molar-refractivity contribution >= 4 is 11.7 Å². The highest BCUT2D eigenvalue weighted by Gasteiger charge is 2.01. The quantitative estimate of drug-likeness (QED) is 0.591. The summed E-state index contributed by atoms with van der Waals surface area (Å²) in [7, 11) is 0. The number of rotatable bonds is 7. The fourth-order valence-corrected chi connectivity index (χ4v) is 0.791. The van der Waals surface area contributed by atoms with Crippen molar-refractivity contribution in [2.75, 3.05) is 19.8 Å². The molecule has 0 spiro atoms. The molecule has 0 radical (unpaired) electrons. The molecule has 13 heavy (non-hydrogen) atoms. The van der Waals surface area contributed by atoms with Crippen molar-refractivity contribution in [2.24, 2.45) is 0 Å². The van der Waals surface area contributed by atoms with Crippen molar-refractivity contribution in [2.45, 2.75) is 26.7 Å². The second-order valence-electron chi connectivity index (χ2n) is 2.78. The van der Waals surface area contributed by atoms with E-state index in [1.165, 1.54) is 6.92 Å². The summed E-state index contributed by atoms with van der Waals surface area (Å²) in [6.45, 7) is 4.77. The topological polar surface area (TPSA) is 55.4 Å². The zero-order valence-corrected chi connectivity index (χ0v) is 8.26. The Kier molecular flexibility index (Phi) is 7.20. The first kappa shape index (κ1) is 12.1. The lowest BCUT2D eigenvalue weighted by Gasteiger charge is -2.02. The molecule has 0 aromatic carbocycles. The van der Waals surface area contributed by atoms with Crippen molar-refractivity contribution < 1.29 is 14.3 Å². The van der Waals surface area contributed by atoms with Crippen LogP contribution in [0, 0.1) is 0 Å². The van der Waals surface area contributed by atoms with Crippen molar-refractivity contribution in [1.82, 2.24) is 5.32 Å². The highest BCUT2D eigenvalue weighted by atomic mass is 16.5. The summed E-state index contributed by atoms with van der Waals surface area (Å²) in [5.74, 6) is -0.118. The van der Waals surface area contributed by atoms with E-state index in [-0.39, 0.29) is 18.2 Å². The highest BCUT2D eigenvalue weighted by molar-refractivity contribution is 5.84. The number of carbonyl (C=O) groups is 2. The van der Waals surface area contributed by atoms with Gasteiger partial charge in [-0.1, -0.05) is 0 Å². The summed E-state index contributed by atoms with van der Waals surface area (Å²) < 4.78 is 5.06. The Hall–Kier alpha value is -0.900. The Balaban J connectivity index is 3.25. The molecule has 0 aromatic rings. The second-order valence-corrected chi connectivity index (χ2v) is 2.78. The fraction of sp³-hybridized carbons (Fsp3) is 0.778. The van der Waals surface area contributed by atoms with Crippen molar-refractivity contribution in [3.8, 4) is 0 Å². The molecule has 0 fully saturated rings. The largest absolute Gasteiger partial charge is 0.382 e. The third kappa shape index (κ3) is 9.01. The minimum atomic E-state index is -0.0881. The normalized spacial score (nSPS) is 9.69. The average Bonchev–Trinajstić information content (AvgIpc) is 2.09. The molecule has 4 heteroatoms. The molecule has 0 unspecified atom stereocenters. The van der Waals surface area contributed by atoms with E-state index in [4.69, 9.17) is 4.74 Å². The molecular weight excluding hydrogens is 170 g/mol. The number of carbonyl (C=O) groups excluding carboxylic acids is 2. The zero-order chi connectivity index (χ0) is 10.1. The number of Topliss-reactive ketones (excluding diaryl/α,β-unsaturated/α-hetero) is 1. The van der Waals surface area contributed by atoms with Crippen LogP contribution in [0.3, 0.4) is 0 Å². The molecule has 0 aliphatic carbocycles. The molecule has 1 N–H and O–H groups in total. The minimum Gasteiger partial charge on any atom is -0.382 e. The van der Waals surface area contributed by atoms with Crippen molar-refractivity contribution in [1.29, 1.82) is 0 Å². The number of hydrogen-bond acceptors (Lipinski definition) is 3. The van der Waals surface area contributed by atoms with Gasteiger partial charge in [-0.2, -0.15) is 0 Å². The summed E-state index contributed by atoms with van der Waals surface area (Å²) in [5.41, 5.74) is 0. The second kappa shape index (κ2) is 7.73. The maximum Gasteiger partial charge on any atom is 0.220 e. The molecular formula is C9H17NO3. The molecule has 1 amide bonds. The molecule has 0 atom stereocenters. The van der Waals surface area contributed by atoms with Gasteiger partial charge in [0.15, 0.2) is 0 Å². The van der Waals surface area contributed by atoms with Gasteiger partial charge in [-0.15, -0.1) is 0 Å². The van der Waals surface area contributed by atoms with E-state index < -0.39 is 0 Å². The van der Waals surface area contributed by atoms with Crippen LogP contribution in [0.4, 0.5) is 0 Å². The van der Waals surface area contributed by atoms with Crippen LogP contribution in [0.1, 0.15) is 26.7 Å². The van der Waals surface area contributed by atoms with Crippen molar-refractivity contribution in [3.63, 3.8) is 0 Å². The summed E-state index contributed by atoms with van der Waals surface area (Å²) in [5, 5.41) is 2.51. The molecule has 0 aromatic heterocycles. The van der Waals surface area contributed by atoms with E-state index in [0.717, 1.165) is 0 Å². The van der Waals surface area contributed by atoms with Gasteiger partial charge >= 0.3 is 0 Å². The van der Waals surface area contributed by atoms with Crippen LogP contribution in [-0.4, -0.2) is 31.4 Å². The van der Waals surface area contributed by atoms with Crippen LogP contribution in [0.2, 0.25) is 0 Å². The van der Waals surface area contributed by atoms with Gasteiger partial charge in [0.2, 0.25) is 5.91 Å². The van der Waals surface area contributed by atoms with Gasteiger partial charge in [0, 0.05) is 19.6 Å². The van der Waals surface area contributed by atoms with E-state index in [0.29, 0.717) is 26.1 Å². The molecule has 0 bridgehead atoms. The van der Waals surface area contributed by atoms with E-state index in [2.05, 4.69) is 5.32 Å². The van der Waals surface area contributed by atoms with Crippen LogP contribution < -0.4 is 5.32 Å². The van der Waals surface area contributed by atoms with Gasteiger partial charge in [-0.05, 0) is 20.3 Å². The van der Waals surface area contributed by atoms with Crippen LogP contribution >= 0.6 is 0 Å². The van der Waals surface area contributed by atoms with Gasteiger partial charge in [0.1, 0.15) is 5.78 Å². The molecule has 0 rings (SSSR count). The molecule has 4 nitrogen and oxygen atoms in total. The maximum absolute atomic E-state index is 11.0. The summed E-state index contributed by atoms with van der Waals surface area (Å²) in [6.07, 6.45) is 1.13. The number of hydrogen-bond donors (Lipinski definition) is 1. The predicted molar refractivity (Wildman–Crippen MR) is 49.4 cm³/mol. The van der Waals surface area contributed by atoms with E-state index in [1.54, 1.807) is 0 Å². The molecule has 76 valence electrons. The number of amides is 1. The molecule has 0 saturated carbocycles. The monoisotopic (exact) mass is 187 g/mol. The van der Waals surface area contributed by atoms with Crippen molar-refractivity contribution in [3.05, 3.63) is 0 Å². The lowest BCUT2D eigenvalue weighted by molar-refractivity contribution is -0.124. The Morgan fingerprint density at radius 2 is 2.08 bits per heavy atom. The third-order valence-corrected chi connectivity index (χ3v) is 1.43. The molecule has 0 heterocycles. The van der Waals surface area contributed by atoms with Crippen LogP contribution in [0.5, 0.6) is 0 Å². The van der Waals surface area contributed by atoms with Crippen LogP contribution in [0.15, 0.2) is 0 Å². The maximum atomic E-state index is 11.0. The zero-order valence-electron chi connectivity index (χ0n) is 8.26. The predicted octanol–water partition coefficient (Wildman–Crippen LogP) is 0.508. The van der Waals surface area contributed by atoms with Gasteiger partial charge in [0.05, 0.1) is 6.54 Å². The standard InChI is InChI=1S/C9H17NO3/c1-3-13-6-4-5-9(12)10-7-8(2)11/h3-7H2,1-2H3,(H,10,12). The van der Waals surface area contributed by atoms with Gasteiger partial charge in [-0.25, -0.2) is 0 Å². The lowest BCUT2D eigenvalue weighted by Crippen LogP contribution is -2.28. The number of nitrogens with one attached hydrogen (secondary N) is 1. The molecule has 0 aliphatic rings. The smallest absolute Gasteiger partial charge is 0.220 e. The van der Waals surface area contributed by atoms with Crippen LogP contribution in [-0.2, 0) is 14.3 Å². The summed E-state index contributed by atoms with van der Waals surface area (Å²) in [4.78, 5) is 21.5. The van der Waals surface area contributed by atoms with Gasteiger partial charge in [0.25, 0.3) is 0 Å². The minimum absolute atomic E-state index is 0.0295. The lowest BCUT2D eigenvalue weighted by atomic mass is 10.3. The van der Waals surface area contributed by atoms with Gasteiger partial charge in [-0.3, -0.25) is 9.59 Å².